The maximum atomic E-state index is 10.5. The molecule has 0 N–H and O–H groups in total. The van der Waals surface area contributed by atoms with Crippen molar-refractivity contribution in [1.82, 2.24) is 0 Å². The molecule has 21 heavy (non-hydrogen) atoms. The van der Waals surface area contributed by atoms with Crippen LogP contribution in [-0.2, 0) is 29.1 Å². The molecule has 0 aliphatic carbocycles. The molecule has 0 aromatic rings. The van der Waals surface area contributed by atoms with Crippen LogP contribution in [0.2, 0.25) is 0 Å². The molecule has 0 aliphatic rings. The molecule has 0 aliphatic heterocycles. The largest absolute Gasteiger partial charge is 2.00 e. The smallest absolute Gasteiger partial charge is 0.550 e. The van der Waals surface area contributed by atoms with Gasteiger partial charge >= 0.3 is 19.5 Å². The average molecular weight is 352 g/mol. The first-order valence-electron chi connectivity index (χ1n) is 7.28. The van der Waals surface area contributed by atoms with Crippen LogP contribution >= 0.6 is 0 Å². The molecule has 0 radical (unpaired) electrons. The number of rotatable bonds is 6. The molecule has 4 nitrogen and oxygen atoms in total. The molecule has 2 unspecified atom stereocenters. The Morgan fingerprint density at radius 3 is 1.05 bits per heavy atom. The minimum Gasteiger partial charge on any atom is -0.550 e. The van der Waals surface area contributed by atoms with Gasteiger partial charge in [0, 0.05) is 22.8 Å². The van der Waals surface area contributed by atoms with Crippen LogP contribution in [0.4, 0.5) is 0 Å². The van der Waals surface area contributed by atoms with Crippen LogP contribution in [0.1, 0.15) is 68.2 Å². The first-order valence-corrected chi connectivity index (χ1v) is 7.28. The number of hydrogen-bond acceptors (Lipinski definition) is 4. The third kappa shape index (κ3) is 7.94. The molecule has 0 saturated carbocycles. The third-order valence-corrected chi connectivity index (χ3v) is 4.74. The molecule has 0 heterocycles. The average Bonchev–Trinajstić information content (AvgIpc) is 2.36. The molecule has 0 amide bonds. The number of carbonyl (C=O) groups excluding carboxylic acids is 2. The van der Waals surface area contributed by atoms with Gasteiger partial charge in [-0.25, -0.2) is 0 Å². The summed E-state index contributed by atoms with van der Waals surface area (Å²) in [6.45, 7) is 14.6. The normalized spacial score (nSPS) is 14.1. The van der Waals surface area contributed by atoms with Crippen LogP contribution in [0.3, 0.4) is 0 Å². The summed E-state index contributed by atoms with van der Waals surface area (Å²) in [5.41, 5.74) is -1.37. The SMILES string of the molecule is CCC(C)C(C)(C)C(=O)[O-].CCC(C)C(C)(C)C(=O)[O-].[Zn+2]. The predicted molar refractivity (Wildman–Crippen MR) is 76.5 cm³/mol. The quantitative estimate of drug-likeness (QED) is 0.681. The van der Waals surface area contributed by atoms with E-state index >= 15 is 0 Å². The van der Waals surface area contributed by atoms with E-state index in [0.29, 0.717) is 0 Å². The Morgan fingerprint density at radius 1 is 0.810 bits per heavy atom. The van der Waals surface area contributed by atoms with Gasteiger partial charge in [-0.2, -0.15) is 0 Å². The second-order valence-corrected chi connectivity index (χ2v) is 6.64. The number of hydrogen-bond donors (Lipinski definition) is 0. The predicted octanol–water partition coefficient (Wildman–Crippen LogP) is 1.61. The molecule has 0 rings (SSSR count). The molecule has 5 heteroatoms. The zero-order valence-corrected chi connectivity index (χ0v) is 17.9. The van der Waals surface area contributed by atoms with E-state index in [1.165, 1.54) is 0 Å². The van der Waals surface area contributed by atoms with Gasteiger partial charge in [-0.05, 0) is 11.8 Å². The van der Waals surface area contributed by atoms with Gasteiger partial charge in [0.15, 0.2) is 0 Å². The number of aliphatic carboxylic acids is 2. The summed E-state index contributed by atoms with van der Waals surface area (Å²) in [5, 5.41) is 21.0. The van der Waals surface area contributed by atoms with Gasteiger partial charge in [-0.15, -0.1) is 0 Å². The van der Waals surface area contributed by atoms with E-state index < -0.39 is 22.8 Å². The zero-order chi connectivity index (χ0) is 16.7. The van der Waals surface area contributed by atoms with Crippen molar-refractivity contribution < 1.29 is 39.3 Å². The Bertz CT molecular complexity index is 292. The first kappa shape index (κ1) is 25.5. The molecule has 0 aromatic carbocycles. The van der Waals surface area contributed by atoms with Crippen LogP contribution in [0.5, 0.6) is 0 Å². The van der Waals surface area contributed by atoms with Crippen molar-refractivity contribution in [1.29, 1.82) is 0 Å². The minimum absolute atomic E-state index is 0. The molecule has 2 atom stereocenters. The summed E-state index contributed by atoms with van der Waals surface area (Å²) in [6.07, 6.45) is 1.75. The van der Waals surface area contributed by atoms with Gasteiger partial charge in [0.25, 0.3) is 0 Å². The molecule has 0 aromatic heterocycles. The van der Waals surface area contributed by atoms with E-state index in [2.05, 4.69) is 0 Å². The van der Waals surface area contributed by atoms with Crippen LogP contribution < -0.4 is 10.2 Å². The zero-order valence-electron chi connectivity index (χ0n) is 14.9. The van der Waals surface area contributed by atoms with Crippen LogP contribution in [0.15, 0.2) is 0 Å². The second kappa shape index (κ2) is 10.3. The van der Waals surface area contributed by atoms with Crippen molar-refractivity contribution in [3.63, 3.8) is 0 Å². The van der Waals surface area contributed by atoms with Gasteiger partial charge in [0.2, 0.25) is 0 Å². The van der Waals surface area contributed by atoms with E-state index in [0.717, 1.165) is 12.8 Å². The van der Waals surface area contributed by atoms with Crippen molar-refractivity contribution in [2.75, 3.05) is 0 Å². The standard InChI is InChI=1S/2C8H16O2.Zn/c2*1-5-6(2)8(3,4)7(9)10;/h2*6H,5H2,1-4H3,(H,9,10);/q;;+2/p-2. The van der Waals surface area contributed by atoms with Crippen LogP contribution in [0.25, 0.3) is 0 Å². The van der Waals surface area contributed by atoms with Gasteiger partial charge in [0.1, 0.15) is 0 Å². The summed E-state index contributed by atoms with van der Waals surface area (Å²) < 4.78 is 0. The van der Waals surface area contributed by atoms with Crippen LogP contribution in [0, 0.1) is 22.7 Å². The van der Waals surface area contributed by atoms with Crippen LogP contribution in [-0.4, -0.2) is 11.9 Å². The van der Waals surface area contributed by atoms with Crippen molar-refractivity contribution in [3.05, 3.63) is 0 Å². The van der Waals surface area contributed by atoms with E-state index in [9.17, 15) is 19.8 Å². The molecule has 120 valence electrons. The Balaban J connectivity index is -0.000000295. The van der Waals surface area contributed by atoms with E-state index in [1.54, 1.807) is 27.7 Å². The Kier molecular flexibility index (Phi) is 12.5. The number of carboxylic acid groups (broad SMARTS) is 2. The summed E-state index contributed by atoms with van der Waals surface area (Å²) in [6, 6.07) is 0. The minimum atomic E-state index is -0.957. The van der Waals surface area contributed by atoms with E-state index in [4.69, 9.17) is 0 Å². The fourth-order valence-corrected chi connectivity index (χ4v) is 1.42. The number of carbonyl (C=O) groups is 2. The first-order chi connectivity index (χ1) is 8.85. The fraction of sp³-hybridized carbons (Fsp3) is 0.875. The Hall–Kier alpha value is -0.437. The Labute approximate surface area is 142 Å². The van der Waals surface area contributed by atoms with Crippen molar-refractivity contribution in [2.24, 2.45) is 22.7 Å². The second-order valence-electron chi connectivity index (χ2n) is 6.64. The maximum Gasteiger partial charge on any atom is 2.00 e. The summed E-state index contributed by atoms with van der Waals surface area (Å²) in [4.78, 5) is 21.0. The molecule has 0 fully saturated rings. The summed E-state index contributed by atoms with van der Waals surface area (Å²) >= 11 is 0. The molecular formula is C16H30O4Zn. The molecule has 0 spiro atoms. The number of carboxylic acids is 2. The maximum absolute atomic E-state index is 10.5. The van der Waals surface area contributed by atoms with E-state index in [-0.39, 0.29) is 31.3 Å². The van der Waals surface area contributed by atoms with Gasteiger partial charge in [0.05, 0.1) is 0 Å². The molecular weight excluding hydrogens is 322 g/mol. The van der Waals surface area contributed by atoms with Crippen molar-refractivity contribution in [3.8, 4) is 0 Å². The van der Waals surface area contributed by atoms with Crippen molar-refractivity contribution in [2.45, 2.75) is 68.2 Å². The monoisotopic (exact) mass is 350 g/mol. The Morgan fingerprint density at radius 2 is 1.00 bits per heavy atom. The van der Waals surface area contributed by atoms with Crippen molar-refractivity contribution >= 4 is 11.9 Å². The van der Waals surface area contributed by atoms with Gasteiger partial charge < -0.3 is 19.8 Å². The topological polar surface area (TPSA) is 80.3 Å². The summed E-state index contributed by atoms with van der Waals surface area (Å²) in [5.74, 6) is -1.56. The van der Waals surface area contributed by atoms with Gasteiger partial charge in [-0.3, -0.25) is 0 Å². The third-order valence-electron chi connectivity index (χ3n) is 4.74. The van der Waals surface area contributed by atoms with E-state index in [1.807, 2.05) is 27.7 Å². The fourth-order valence-electron chi connectivity index (χ4n) is 1.42. The van der Waals surface area contributed by atoms with Gasteiger partial charge in [-0.1, -0.05) is 68.2 Å². The summed E-state index contributed by atoms with van der Waals surface area (Å²) in [7, 11) is 0. The molecule has 0 saturated heterocycles. The molecule has 0 bridgehead atoms.